The van der Waals surface area contributed by atoms with Crippen LogP contribution in [-0.2, 0) is 10.0 Å². The molecule has 1 rings (SSSR count). The van der Waals surface area contributed by atoms with Gasteiger partial charge in [-0.2, -0.15) is 5.26 Å². The van der Waals surface area contributed by atoms with Crippen LogP contribution in [0.1, 0.15) is 25.0 Å². The lowest BCUT2D eigenvalue weighted by Gasteiger charge is -2.18. The van der Waals surface area contributed by atoms with Crippen LogP contribution in [0, 0.1) is 18.3 Å². The average molecular weight is 268 g/mol. The molecule has 0 saturated heterocycles. The zero-order valence-corrected chi connectivity index (χ0v) is 11.4. The molecule has 0 amide bonds. The Morgan fingerprint density at radius 1 is 1.44 bits per heavy atom. The Kier molecular flexibility index (Phi) is 4.12. The van der Waals surface area contributed by atoms with E-state index in [1.54, 1.807) is 19.1 Å². The van der Waals surface area contributed by atoms with Gasteiger partial charge in [0.05, 0.1) is 22.1 Å². The Morgan fingerprint density at radius 2 is 2.06 bits per heavy atom. The standard InChI is InChI=1S/C12H16N2O3S/c1-9-4-5-10(7-13)6-11(9)18(16,17)14-8-12(2,3)15/h4-6,14-15H,8H2,1-3H3. The van der Waals surface area contributed by atoms with E-state index in [0.29, 0.717) is 5.56 Å². The van der Waals surface area contributed by atoms with Crippen molar-refractivity contribution in [3.8, 4) is 6.07 Å². The molecule has 5 nitrogen and oxygen atoms in total. The minimum absolute atomic E-state index is 0.0609. The number of nitrogens with one attached hydrogen (secondary N) is 1. The van der Waals surface area contributed by atoms with E-state index in [9.17, 15) is 13.5 Å². The number of nitrogens with zero attached hydrogens (tertiary/aromatic N) is 1. The van der Waals surface area contributed by atoms with Gasteiger partial charge in [0, 0.05) is 6.54 Å². The van der Waals surface area contributed by atoms with Gasteiger partial charge in [0.25, 0.3) is 0 Å². The molecular formula is C12H16N2O3S. The highest BCUT2D eigenvalue weighted by molar-refractivity contribution is 7.89. The summed E-state index contributed by atoms with van der Waals surface area (Å²) in [5.41, 5.74) is -0.296. The van der Waals surface area contributed by atoms with Crippen LogP contribution in [0.4, 0.5) is 0 Å². The topological polar surface area (TPSA) is 90.2 Å². The third kappa shape index (κ3) is 3.81. The normalized spacial score (nSPS) is 12.2. The van der Waals surface area contributed by atoms with E-state index in [1.165, 1.54) is 19.9 Å². The zero-order chi connectivity index (χ0) is 14.0. The molecule has 0 spiro atoms. The van der Waals surface area contributed by atoms with Gasteiger partial charge in [-0.1, -0.05) is 6.07 Å². The van der Waals surface area contributed by atoms with Crippen LogP contribution < -0.4 is 4.72 Å². The predicted octanol–water partition coefficient (Wildman–Crippen LogP) is 0.916. The third-order valence-corrected chi connectivity index (χ3v) is 3.84. The molecule has 0 aromatic heterocycles. The Bertz CT molecular complexity index is 580. The highest BCUT2D eigenvalue weighted by Crippen LogP contribution is 2.17. The minimum Gasteiger partial charge on any atom is -0.389 e. The van der Waals surface area contributed by atoms with Gasteiger partial charge in [-0.15, -0.1) is 0 Å². The molecule has 18 heavy (non-hydrogen) atoms. The maximum absolute atomic E-state index is 12.0. The van der Waals surface area contributed by atoms with Gasteiger partial charge in [-0.25, -0.2) is 13.1 Å². The van der Waals surface area contributed by atoms with Crippen molar-refractivity contribution in [1.29, 1.82) is 5.26 Å². The quantitative estimate of drug-likeness (QED) is 0.849. The first-order chi connectivity index (χ1) is 8.15. The summed E-state index contributed by atoms with van der Waals surface area (Å²) in [6.07, 6.45) is 0. The van der Waals surface area contributed by atoms with E-state index in [-0.39, 0.29) is 17.0 Å². The summed E-state index contributed by atoms with van der Waals surface area (Å²) < 4.78 is 26.4. The Balaban J connectivity index is 3.09. The second-order valence-electron chi connectivity index (χ2n) is 4.73. The first kappa shape index (κ1) is 14.6. The van der Waals surface area contributed by atoms with E-state index < -0.39 is 15.6 Å². The maximum Gasteiger partial charge on any atom is 0.240 e. The van der Waals surface area contributed by atoms with Crippen LogP contribution in [0.3, 0.4) is 0 Å². The van der Waals surface area contributed by atoms with Crippen LogP contribution in [0.2, 0.25) is 0 Å². The monoisotopic (exact) mass is 268 g/mol. The summed E-state index contributed by atoms with van der Waals surface area (Å²) in [6, 6.07) is 6.36. The molecule has 0 bridgehead atoms. The highest BCUT2D eigenvalue weighted by Gasteiger charge is 2.21. The number of hydrogen-bond donors (Lipinski definition) is 2. The molecule has 0 aliphatic rings. The number of nitriles is 1. The lowest BCUT2D eigenvalue weighted by Crippen LogP contribution is -2.38. The van der Waals surface area contributed by atoms with Crippen molar-refractivity contribution >= 4 is 10.0 Å². The number of aliphatic hydroxyl groups is 1. The lowest BCUT2D eigenvalue weighted by molar-refractivity contribution is 0.0857. The molecule has 1 aromatic carbocycles. The van der Waals surface area contributed by atoms with Gasteiger partial charge in [0.1, 0.15) is 0 Å². The smallest absolute Gasteiger partial charge is 0.240 e. The van der Waals surface area contributed by atoms with Crippen molar-refractivity contribution in [3.05, 3.63) is 29.3 Å². The van der Waals surface area contributed by atoms with Crippen LogP contribution in [0.25, 0.3) is 0 Å². The van der Waals surface area contributed by atoms with Crippen LogP contribution in [0.15, 0.2) is 23.1 Å². The van der Waals surface area contributed by atoms with Crippen LogP contribution in [0.5, 0.6) is 0 Å². The summed E-state index contributed by atoms with van der Waals surface area (Å²) in [6.45, 7) is 4.58. The molecule has 0 aliphatic heterocycles. The van der Waals surface area contributed by atoms with Crippen molar-refractivity contribution < 1.29 is 13.5 Å². The van der Waals surface area contributed by atoms with Gasteiger partial charge in [-0.05, 0) is 38.5 Å². The van der Waals surface area contributed by atoms with E-state index in [1.807, 2.05) is 6.07 Å². The van der Waals surface area contributed by atoms with Gasteiger partial charge >= 0.3 is 0 Å². The van der Waals surface area contributed by atoms with E-state index in [4.69, 9.17) is 5.26 Å². The fraction of sp³-hybridized carbons (Fsp3) is 0.417. The summed E-state index contributed by atoms with van der Waals surface area (Å²) in [5, 5.41) is 18.3. The summed E-state index contributed by atoms with van der Waals surface area (Å²) in [4.78, 5) is 0.0609. The van der Waals surface area contributed by atoms with Crippen molar-refractivity contribution in [2.24, 2.45) is 0 Å². The van der Waals surface area contributed by atoms with Gasteiger partial charge in [0.15, 0.2) is 0 Å². The Labute approximate surface area is 107 Å². The Morgan fingerprint density at radius 3 is 2.56 bits per heavy atom. The van der Waals surface area contributed by atoms with Gasteiger partial charge in [0.2, 0.25) is 10.0 Å². The summed E-state index contributed by atoms with van der Waals surface area (Å²) in [5.74, 6) is 0. The summed E-state index contributed by atoms with van der Waals surface area (Å²) >= 11 is 0. The number of rotatable bonds is 4. The van der Waals surface area contributed by atoms with Crippen molar-refractivity contribution in [3.63, 3.8) is 0 Å². The molecule has 0 radical (unpaired) electrons. The molecule has 0 saturated carbocycles. The first-order valence-corrected chi connectivity index (χ1v) is 6.87. The number of benzene rings is 1. The summed E-state index contributed by atoms with van der Waals surface area (Å²) in [7, 11) is -3.72. The molecule has 0 unspecified atom stereocenters. The Hall–Kier alpha value is -1.42. The minimum atomic E-state index is -3.72. The third-order valence-electron chi connectivity index (χ3n) is 2.30. The fourth-order valence-electron chi connectivity index (χ4n) is 1.31. The predicted molar refractivity (Wildman–Crippen MR) is 67.4 cm³/mol. The average Bonchev–Trinajstić information content (AvgIpc) is 2.26. The molecule has 1 aromatic rings. The van der Waals surface area contributed by atoms with Crippen molar-refractivity contribution in [1.82, 2.24) is 4.72 Å². The maximum atomic E-state index is 12.0. The molecule has 0 atom stereocenters. The molecule has 6 heteroatoms. The molecule has 98 valence electrons. The number of aryl methyl sites for hydroxylation is 1. The molecule has 0 fully saturated rings. The van der Waals surface area contributed by atoms with Crippen molar-refractivity contribution in [2.45, 2.75) is 31.3 Å². The van der Waals surface area contributed by atoms with Crippen LogP contribution >= 0.6 is 0 Å². The number of hydrogen-bond acceptors (Lipinski definition) is 4. The second-order valence-corrected chi connectivity index (χ2v) is 6.46. The van der Waals surface area contributed by atoms with Gasteiger partial charge < -0.3 is 5.11 Å². The van der Waals surface area contributed by atoms with E-state index in [2.05, 4.69) is 4.72 Å². The van der Waals surface area contributed by atoms with E-state index in [0.717, 1.165) is 0 Å². The fourth-order valence-corrected chi connectivity index (χ4v) is 2.78. The molecule has 0 heterocycles. The highest BCUT2D eigenvalue weighted by atomic mass is 32.2. The second kappa shape index (κ2) is 5.06. The molecule has 2 N–H and O–H groups in total. The van der Waals surface area contributed by atoms with Crippen molar-refractivity contribution in [2.75, 3.05) is 6.54 Å². The largest absolute Gasteiger partial charge is 0.389 e. The van der Waals surface area contributed by atoms with Gasteiger partial charge in [-0.3, -0.25) is 0 Å². The first-order valence-electron chi connectivity index (χ1n) is 5.38. The molecule has 0 aliphatic carbocycles. The molecular weight excluding hydrogens is 252 g/mol. The number of sulfonamides is 1. The SMILES string of the molecule is Cc1ccc(C#N)cc1S(=O)(=O)NCC(C)(C)O. The lowest BCUT2D eigenvalue weighted by atomic mass is 10.1. The zero-order valence-electron chi connectivity index (χ0n) is 10.6. The van der Waals surface area contributed by atoms with E-state index >= 15 is 0 Å². The van der Waals surface area contributed by atoms with Crippen LogP contribution in [-0.4, -0.2) is 25.7 Å².